The highest BCUT2D eigenvalue weighted by molar-refractivity contribution is 5.79. The molecule has 1 aliphatic carbocycles. The van der Waals surface area contributed by atoms with Gasteiger partial charge in [0, 0.05) is 5.92 Å². The van der Waals surface area contributed by atoms with Crippen LogP contribution in [0.15, 0.2) is 0 Å². The first-order valence-corrected chi connectivity index (χ1v) is 4.96. The van der Waals surface area contributed by atoms with Crippen LogP contribution in [0.1, 0.15) is 33.1 Å². The summed E-state index contributed by atoms with van der Waals surface area (Å²) >= 11 is 0. The summed E-state index contributed by atoms with van der Waals surface area (Å²) in [7, 11) is 0. The van der Waals surface area contributed by atoms with E-state index in [9.17, 15) is 4.79 Å². The molecule has 2 nitrogen and oxygen atoms in total. The average Bonchev–Trinajstić information content (AvgIpc) is 2.66. The fourth-order valence-electron chi connectivity index (χ4n) is 2.52. The Labute approximate surface area is 73.3 Å². The standard InChI is InChI=1S/C10H16O2/c1-3-4-5-7-8-6(2)12-10(11)9(7)8/h6-9H,3-5H2,1-2H3/t6-,7-,8-,9+/m1/s1. The second kappa shape index (κ2) is 2.75. The van der Waals surface area contributed by atoms with Crippen LogP contribution in [0.25, 0.3) is 0 Å². The highest BCUT2D eigenvalue weighted by Crippen LogP contribution is 2.57. The number of unbranched alkanes of at least 4 members (excludes halogenated alkanes) is 1. The van der Waals surface area contributed by atoms with Gasteiger partial charge in [-0.2, -0.15) is 0 Å². The molecule has 2 heteroatoms. The number of hydrogen-bond acceptors (Lipinski definition) is 2. The second-order valence-corrected chi connectivity index (χ2v) is 4.05. The highest BCUT2D eigenvalue weighted by Gasteiger charge is 2.63. The van der Waals surface area contributed by atoms with Crippen molar-refractivity contribution >= 4 is 5.97 Å². The Kier molecular flexibility index (Phi) is 1.85. The molecule has 1 saturated heterocycles. The molecule has 1 saturated carbocycles. The smallest absolute Gasteiger partial charge is 0.309 e. The molecule has 0 aromatic carbocycles. The molecular formula is C10H16O2. The molecule has 1 aliphatic heterocycles. The topological polar surface area (TPSA) is 26.3 Å². The van der Waals surface area contributed by atoms with E-state index in [0.29, 0.717) is 11.8 Å². The Morgan fingerprint density at radius 1 is 1.50 bits per heavy atom. The molecular weight excluding hydrogens is 152 g/mol. The molecule has 0 unspecified atom stereocenters. The van der Waals surface area contributed by atoms with E-state index in [-0.39, 0.29) is 18.0 Å². The fraction of sp³-hybridized carbons (Fsp3) is 0.900. The van der Waals surface area contributed by atoms with Crippen LogP contribution in [-0.4, -0.2) is 12.1 Å². The Morgan fingerprint density at radius 3 is 2.75 bits per heavy atom. The van der Waals surface area contributed by atoms with Gasteiger partial charge in [0.15, 0.2) is 0 Å². The Hall–Kier alpha value is -0.530. The molecule has 2 rings (SSSR count). The normalized spacial score (nSPS) is 44.0. The van der Waals surface area contributed by atoms with Crippen molar-refractivity contribution in [3.63, 3.8) is 0 Å². The quantitative estimate of drug-likeness (QED) is 0.602. The summed E-state index contributed by atoms with van der Waals surface area (Å²) in [4.78, 5) is 11.2. The minimum Gasteiger partial charge on any atom is -0.462 e. The number of cyclic esters (lactones) is 1. The minimum absolute atomic E-state index is 0.0635. The van der Waals surface area contributed by atoms with Crippen molar-refractivity contribution in [3.8, 4) is 0 Å². The van der Waals surface area contributed by atoms with Crippen molar-refractivity contribution < 1.29 is 9.53 Å². The van der Waals surface area contributed by atoms with Crippen LogP contribution < -0.4 is 0 Å². The predicted molar refractivity (Wildman–Crippen MR) is 45.5 cm³/mol. The Bertz CT molecular complexity index is 200. The molecule has 0 aromatic rings. The maximum atomic E-state index is 11.2. The zero-order chi connectivity index (χ0) is 8.72. The van der Waals surface area contributed by atoms with E-state index < -0.39 is 0 Å². The number of carbonyl (C=O) groups is 1. The van der Waals surface area contributed by atoms with Gasteiger partial charge in [-0.3, -0.25) is 4.79 Å². The van der Waals surface area contributed by atoms with Crippen LogP contribution in [0.4, 0.5) is 0 Å². The van der Waals surface area contributed by atoms with Crippen LogP contribution in [0.2, 0.25) is 0 Å². The lowest BCUT2D eigenvalue weighted by Crippen LogP contribution is -2.12. The number of hydrogen-bond donors (Lipinski definition) is 0. The van der Waals surface area contributed by atoms with Gasteiger partial charge in [-0.25, -0.2) is 0 Å². The SMILES string of the molecule is CCCC[C@H]1[C@@H]2C(=O)O[C@H](C)[C@H]12. The van der Waals surface area contributed by atoms with Crippen LogP contribution in [-0.2, 0) is 9.53 Å². The summed E-state index contributed by atoms with van der Waals surface area (Å²) in [6.45, 7) is 4.22. The summed E-state index contributed by atoms with van der Waals surface area (Å²) in [6, 6.07) is 0. The van der Waals surface area contributed by atoms with Crippen molar-refractivity contribution in [2.45, 2.75) is 39.2 Å². The first kappa shape index (κ1) is 8.09. The monoisotopic (exact) mass is 168 g/mol. The first-order valence-electron chi connectivity index (χ1n) is 4.96. The number of rotatable bonds is 3. The van der Waals surface area contributed by atoms with Gasteiger partial charge >= 0.3 is 5.97 Å². The second-order valence-electron chi connectivity index (χ2n) is 4.05. The van der Waals surface area contributed by atoms with E-state index in [0.717, 1.165) is 0 Å². The van der Waals surface area contributed by atoms with E-state index in [4.69, 9.17) is 4.74 Å². The van der Waals surface area contributed by atoms with E-state index >= 15 is 0 Å². The van der Waals surface area contributed by atoms with E-state index in [1.54, 1.807) is 0 Å². The van der Waals surface area contributed by atoms with Gasteiger partial charge in [0.1, 0.15) is 6.10 Å². The summed E-state index contributed by atoms with van der Waals surface area (Å²) < 4.78 is 5.09. The van der Waals surface area contributed by atoms with Crippen LogP contribution in [0.3, 0.4) is 0 Å². The van der Waals surface area contributed by atoms with E-state index in [1.807, 2.05) is 6.92 Å². The third-order valence-corrected chi connectivity index (χ3v) is 3.24. The van der Waals surface area contributed by atoms with Crippen molar-refractivity contribution in [1.29, 1.82) is 0 Å². The zero-order valence-corrected chi connectivity index (χ0v) is 7.75. The van der Waals surface area contributed by atoms with Gasteiger partial charge in [-0.1, -0.05) is 19.8 Å². The highest BCUT2D eigenvalue weighted by atomic mass is 16.6. The van der Waals surface area contributed by atoms with Crippen molar-refractivity contribution in [2.24, 2.45) is 17.8 Å². The van der Waals surface area contributed by atoms with Gasteiger partial charge in [-0.15, -0.1) is 0 Å². The molecule has 12 heavy (non-hydrogen) atoms. The average molecular weight is 168 g/mol. The maximum Gasteiger partial charge on any atom is 0.309 e. The van der Waals surface area contributed by atoms with E-state index in [2.05, 4.69) is 6.92 Å². The molecule has 0 bridgehead atoms. The lowest BCUT2D eigenvalue weighted by Gasteiger charge is -2.08. The van der Waals surface area contributed by atoms with Gasteiger partial charge in [0.25, 0.3) is 0 Å². The first-order chi connectivity index (χ1) is 5.75. The molecule has 2 fully saturated rings. The lowest BCUT2D eigenvalue weighted by molar-refractivity contribution is -0.145. The number of carbonyl (C=O) groups excluding carboxylic acids is 1. The molecule has 68 valence electrons. The van der Waals surface area contributed by atoms with Crippen LogP contribution in [0, 0.1) is 17.8 Å². The largest absolute Gasteiger partial charge is 0.462 e. The molecule has 0 radical (unpaired) electrons. The fourth-order valence-corrected chi connectivity index (χ4v) is 2.52. The molecule has 2 aliphatic rings. The van der Waals surface area contributed by atoms with Crippen molar-refractivity contribution in [3.05, 3.63) is 0 Å². The van der Waals surface area contributed by atoms with Crippen molar-refractivity contribution in [1.82, 2.24) is 0 Å². The Morgan fingerprint density at radius 2 is 2.25 bits per heavy atom. The third-order valence-electron chi connectivity index (χ3n) is 3.24. The lowest BCUT2D eigenvalue weighted by atomic mass is 10.1. The molecule has 0 aromatic heterocycles. The summed E-state index contributed by atoms with van der Waals surface area (Å²) in [6.07, 6.45) is 3.92. The van der Waals surface area contributed by atoms with Gasteiger partial charge in [0.2, 0.25) is 0 Å². The number of esters is 1. The third kappa shape index (κ3) is 1.05. The molecule has 0 N–H and O–H groups in total. The van der Waals surface area contributed by atoms with E-state index in [1.165, 1.54) is 19.3 Å². The molecule has 0 spiro atoms. The van der Waals surface area contributed by atoms with Crippen molar-refractivity contribution in [2.75, 3.05) is 0 Å². The summed E-state index contributed by atoms with van der Waals surface area (Å²) in [5.74, 6) is 1.59. The Balaban J connectivity index is 1.87. The van der Waals surface area contributed by atoms with Crippen LogP contribution >= 0.6 is 0 Å². The number of fused-ring (bicyclic) bond motifs is 1. The molecule has 1 heterocycles. The molecule has 0 amide bonds. The minimum atomic E-state index is 0.0635. The summed E-state index contributed by atoms with van der Waals surface area (Å²) in [5, 5.41) is 0. The summed E-state index contributed by atoms with van der Waals surface area (Å²) in [5.41, 5.74) is 0. The van der Waals surface area contributed by atoms with Gasteiger partial charge < -0.3 is 4.74 Å². The number of ether oxygens (including phenoxy) is 1. The van der Waals surface area contributed by atoms with Gasteiger partial charge in [0.05, 0.1) is 5.92 Å². The molecule has 4 atom stereocenters. The van der Waals surface area contributed by atoms with Crippen LogP contribution in [0.5, 0.6) is 0 Å². The zero-order valence-electron chi connectivity index (χ0n) is 7.75. The van der Waals surface area contributed by atoms with Gasteiger partial charge in [-0.05, 0) is 19.3 Å². The predicted octanol–water partition coefficient (Wildman–Crippen LogP) is 1.98. The maximum absolute atomic E-state index is 11.2.